The van der Waals surface area contributed by atoms with E-state index in [-0.39, 0.29) is 0 Å². The number of nitrogens with one attached hydrogen (secondary N) is 1. The molecule has 1 fully saturated rings. The summed E-state index contributed by atoms with van der Waals surface area (Å²) in [5, 5.41) is 3.41. The number of rotatable bonds is 9. The highest BCUT2D eigenvalue weighted by Crippen LogP contribution is 2.20. The highest BCUT2D eigenvalue weighted by Gasteiger charge is 2.20. The molecule has 0 spiro atoms. The summed E-state index contributed by atoms with van der Waals surface area (Å²) >= 11 is 0. The minimum Gasteiger partial charge on any atom is -0.464 e. The van der Waals surface area contributed by atoms with Crippen LogP contribution in [0.25, 0.3) is 0 Å². The Balaban J connectivity index is 1.69. The third-order valence-electron chi connectivity index (χ3n) is 3.14. The molecule has 1 saturated carbocycles. The van der Waals surface area contributed by atoms with Gasteiger partial charge in [-0.25, -0.2) is 0 Å². The minimum absolute atomic E-state index is 0.563. The lowest BCUT2D eigenvalue weighted by molar-refractivity contribution is 0.457. The van der Waals surface area contributed by atoms with Crippen LogP contribution in [0, 0.1) is 0 Å². The van der Waals surface area contributed by atoms with E-state index < -0.39 is 10.8 Å². The lowest BCUT2D eigenvalue weighted by Gasteiger charge is -2.00. The van der Waals surface area contributed by atoms with Gasteiger partial charge in [-0.2, -0.15) is 0 Å². The van der Waals surface area contributed by atoms with Crippen molar-refractivity contribution in [3.63, 3.8) is 0 Å². The van der Waals surface area contributed by atoms with E-state index in [1.807, 2.05) is 12.1 Å². The lowest BCUT2D eigenvalue weighted by Crippen LogP contribution is -2.14. The summed E-state index contributed by atoms with van der Waals surface area (Å²) in [6.45, 7) is 2.96. The topological polar surface area (TPSA) is 42.2 Å². The fourth-order valence-corrected chi connectivity index (χ4v) is 3.01. The maximum Gasteiger partial charge on any atom is 0.118 e. The molecule has 2 rings (SSSR count). The molecule has 4 heteroatoms. The van der Waals surface area contributed by atoms with Crippen molar-refractivity contribution in [2.24, 2.45) is 0 Å². The van der Waals surface area contributed by atoms with E-state index in [4.69, 9.17) is 4.42 Å². The molecule has 102 valence electrons. The fourth-order valence-electron chi connectivity index (χ4n) is 1.87. The average Bonchev–Trinajstić information content (AvgIpc) is 3.08. The number of hydrogen-bond donors (Lipinski definition) is 1. The highest BCUT2D eigenvalue weighted by molar-refractivity contribution is 7.84. The van der Waals surface area contributed by atoms with E-state index in [1.54, 1.807) is 0 Å². The summed E-state index contributed by atoms with van der Waals surface area (Å²) in [6, 6.07) is 4.65. The molecule has 0 aliphatic heterocycles. The highest BCUT2D eigenvalue weighted by atomic mass is 32.2. The van der Waals surface area contributed by atoms with Crippen molar-refractivity contribution in [3.05, 3.63) is 23.7 Å². The van der Waals surface area contributed by atoms with Crippen LogP contribution in [0.15, 0.2) is 16.5 Å². The van der Waals surface area contributed by atoms with E-state index in [1.165, 1.54) is 25.7 Å². The molecule has 1 atom stereocenters. The molecule has 0 saturated heterocycles. The van der Waals surface area contributed by atoms with Gasteiger partial charge in [0, 0.05) is 22.6 Å². The Bertz CT molecular complexity index is 385. The van der Waals surface area contributed by atoms with Crippen molar-refractivity contribution in [2.45, 2.75) is 57.4 Å². The average molecular weight is 269 g/mol. The summed E-state index contributed by atoms with van der Waals surface area (Å²) in [5.74, 6) is 3.18. The monoisotopic (exact) mass is 269 g/mol. The Hall–Kier alpha value is -0.610. The molecule has 1 aliphatic rings. The first-order valence-corrected chi connectivity index (χ1v) is 8.42. The van der Waals surface area contributed by atoms with Crippen molar-refractivity contribution < 1.29 is 8.63 Å². The molecular formula is C14H23NO2S. The van der Waals surface area contributed by atoms with E-state index >= 15 is 0 Å². The molecule has 0 bridgehead atoms. The number of unbranched alkanes of at least 4 members (excludes halogenated alkanes) is 2. The Kier molecular flexibility index (Phi) is 5.45. The van der Waals surface area contributed by atoms with Crippen LogP contribution >= 0.6 is 0 Å². The van der Waals surface area contributed by atoms with Crippen molar-refractivity contribution in [1.29, 1.82) is 0 Å². The predicted octanol–water partition coefficient (Wildman–Crippen LogP) is 2.97. The van der Waals surface area contributed by atoms with Gasteiger partial charge in [0.05, 0.1) is 12.3 Å². The molecule has 0 radical (unpaired) electrons. The van der Waals surface area contributed by atoms with Crippen LogP contribution in [0.5, 0.6) is 0 Å². The molecule has 1 N–H and O–H groups in total. The van der Waals surface area contributed by atoms with Gasteiger partial charge < -0.3 is 9.73 Å². The Morgan fingerprint density at radius 2 is 2.11 bits per heavy atom. The van der Waals surface area contributed by atoms with E-state index in [9.17, 15) is 4.21 Å². The first-order chi connectivity index (χ1) is 8.78. The van der Waals surface area contributed by atoms with Crippen LogP contribution in [0.4, 0.5) is 0 Å². The number of furan rings is 1. The first kappa shape index (κ1) is 13.8. The van der Waals surface area contributed by atoms with Crippen molar-refractivity contribution >= 4 is 10.8 Å². The van der Waals surface area contributed by atoms with E-state index in [0.717, 1.165) is 30.2 Å². The summed E-state index contributed by atoms with van der Waals surface area (Å²) < 4.78 is 17.5. The van der Waals surface area contributed by atoms with Gasteiger partial charge in [-0.3, -0.25) is 4.21 Å². The molecule has 18 heavy (non-hydrogen) atoms. The van der Waals surface area contributed by atoms with Crippen LogP contribution in [0.1, 0.15) is 50.5 Å². The maximum absolute atomic E-state index is 11.8. The van der Waals surface area contributed by atoms with E-state index in [0.29, 0.717) is 11.8 Å². The van der Waals surface area contributed by atoms with Gasteiger partial charge in [-0.05, 0) is 31.4 Å². The van der Waals surface area contributed by atoms with Gasteiger partial charge in [0.15, 0.2) is 0 Å². The van der Waals surface area contributed by atoms with Crippen molar-refractivity contribution in [2.75, 3.05) is 5.75 Å². The first-order valence-electron chi connectivity index (χ1n) is 6.94. The minimum atomic E-state index is -0.774. The van der Waals surface area contributed by atoms with Crippen LogP contribution in [0.3, 0.4) is 0 Å². The zero-order valence-corrected chi connectivity index (χ0v) is 11.9. The maximum atomic E-state index is 11.8. The summed E-state index contributed by atoms with van der Waals surface area (Å²) in [5.41, 5.74) is 0. The molecule has 1 unspecified atom stereocenters. The predicted molar refractivity (Wildman–Crippen MR) is 74.8 cm³/mol. The summed E-state index contributed by atoms with van der Waals surface area (Å²) in [6.07, 6.45) is 5.97. The third kappa shape index (κ3) is 4.94. The van der Waals surface area contributed by atoms with Gasteiger partial charge in [0.1, 0.15) is 11.5 Å². The second kappa shape index (κ2) is 7.10. The molecule has 1 heterocycles. The fraction of sp³-hybridized carbons (Fsp3) is 0.714. The molecule has 0 amide bonds. The largest absolute Gasteiger partial charge is 0.464 e. The third-order valence-corrected chi connectivity index (χ3v) is 4.49. The molecule has 3 nitrogen and oxygen atoms in total. The van der Waals surface area contributed by atoms with Crippen molar-refractivity contribution in [1.82, 2.24) is 5.32 Å². The molecule has 1 aromatic rings. The SMILES string of the molecule is CCCCCS(=O)Cc1ccc(CNC2CC2)o1. The zero-order chi connectivity index (χ0) is 12.8. The molecule has 0 aromatic carbocycles. The number of hydrogen-bond acceptors (Lipinski definition) is 3. The summed E-state index contributed by atoms with van der Waals surface area (Å²) in [4.78, 5) is 0. The van der Waals surface area contributed by atoms with Gasteiger partial charge in [0.25, 0.3) is 0 Å². The zero-order valence-electron chi connectivity index (χ0n) is 11.1. The smallest absolute Gasteiger partial charge is 0.118 e. The Morgan fingerprint density at radius 3 is 2.83 bits per heavy atom. The van der Waals surface area contributed by atoms with Gasteiger partial charge >= 0.3 is 0 Å². The Labute approximate surface area is 112 Å². The van der Waals surface area contributed by atoms with Crippen LogP contribution in [0.2, 0.25) is 0 Å². The van der Waals surface area contributed by atoms with E-state index in [2.05, 4.69) is 12.2 Å². The summed E-state index contributed by atoms with van der Waals surface area (Å²) in [7, 11) is -0.774. The molecule has 1 aliphatic carbocycles. The second-order valence-corrected chi connectivity index (χ2v) is 6.60. The van der Waals surface area contributed by atoms with Crippen LogP contribution < -0.4 is 5.32 Å². The van der Waals surface area contributed by atoms with Gasteiger partial charge in [-0.15, -0.1) is 0 Å². The molecular weight excluding hydrogens is 246 g/mol. The quantitative estimate of drug-likeness (QED) is 0.701. The second-order valence-electron chi connectivity index (χ2n) is 5.02. The standard InChI is InChI=1S/C14H23NO2S/c1-2-3-4-9-18(16)11-14-8-7-13(17-14)10-15-12-5-6-12/h7-8,12,15H,2-6,9-11H2,1H3. The van der Waals surface area contributed by atoms with Gasteiger partial charge in [0.2, 0.25) is 0 Å². The molecule has 1 aromatic heterocycles. The lowest BCUT2D eigenvalue weighted by atomic mass is 10.3. The normalized spacial score (nSPS) is 16.9. The van der Waals surface area contributed by atoms with Gasteiger partial charge in [-0.1, -0.05) is 19.8 Å². The Morgan fingerprint density at radius 1 is 1.33 bits per heavy atom. The van der Waals surface area contributed by atoms with Crippen molar-refractivity contribution in [3.8, 4) is 0 Å². The van der Waals surface area contributed by atoms with Crippen LogP contribution in [-0.4, -0.2) is 16.0 Å². The van der Waals surface area contributed by atoms with Crippen LogP contribution in [-0.2, 0) is 23.1 Å².